The number of ether oxygens (including phenoxy) is 2. The SMILES string of the molecule is COCCOCCC(CBr)Cc1ccccc1. The number of methoxy groups -OCH3 is 1. The largest absolute Gasteiger partial charge is 0.382 e. The van der Waals surface area contributed by atoms with Crippen LogP contribution in [0.25, 0.3) is 0 Å². The number of rotatable bonds is 9. The summed E-state index contributed by atoms with van der Waals surface area (Å²) >= 11 is 3.58. The molecule has 0 saturated heterocycles. The molecule has 0 heterocycles. The maximum Gasteiger partial charge on any atom is 0.0700 e. The molecule has 0 aliphatic carbocycles. The molecule has 0 bridgehead atoms. The van der Waals surface area contributed by atoms with Crippen molar-refractivity contribution in [3.8, 4) is 0 Å². The molecule has 0 saturated carbocycles. The summed E-state index contributed by atoms with van der Waals surface area (Å²) in [5.41, 5.74) is 1.40. The van der Waals surface area contributed by atoms with Crippen molar-refractivity contribution in [1.82, 2.24) is 0 Å². The van der Waals surface area contributed by atoms with E-state index in [0.29, 0.717) is 19.1 Å². The van der Waals surface area contributed by atoms with Gasteiger partial charge in [0.1, 0.15) is 0 Å². The molecule has 2 nitrogen and oxygen atoms in total. The molecule has 17 heavy (non-hydrogen) atoms. The van der Waals surface area contributed by atoms with E-state index in [4.69, 9.17) is 9.47 Å². The maximum absolute atomic E-state index is 5.50. The molecule has 3 heteroatoms. The van der Waals surface area contributed by atoms with Gasteiger partial charge in [-0.25, -0.2) is 0 Å². The second kappa shape index (κ2) is 9.63. The van der Waals surface area contributed by atoms with Gasteiger partial charge in [-0.2, -0.15) is 0 Å². The van der Waals surface area contributed by atoms with Crippen LogP contribution in [0.1, 0.15) is 12.0 Å². The zero-order valence-corrected chi connectivity index (χ0v) is 12.0. The van der Waals surface area contributed by atoms with Crippen LogP contribution in [0.2, 0.25) is 0 Å². The minimum absolute atomic E-state index is 0.639. The van der Waals surface area contributed by atoms with Gasteiger partial charge in [0.15, 0.2) is 0 Å². The standard InChI is InChI=1S/C14H21BrO2/c1-16-9-10-17-8-7-14(12-15)11-13-5-3-2-4-6-13/h2-6,14H,7-12H2,1H3. The molecule has 96 valence electrons. The molecular formula is C14H21BrO2. The van der Waals surface area contributed by atoms with Crippen molar-refractivity contribution in [3.63, 3.8) is 0 Å². The lowest BCUT2D eigenvalue weighted by atomic mass is 9.98. The highest BCUT2D eigenvalue weighted by Gasteiger charge is 2.08. The Hall–Kier alpha value is -0.380. The molecule has 1 unspecified atom stereocenters. The third-order valence-corrected chi connectivity index (χ3v) is 3.60. The predicted molar refractivity (Wildman–Crippen MR) is 74.7 cm³/mol. The highest BCUT2D eigenvalue weighted by Crippen LogP contribution is 2.14. The van der Waals surface area contributed by atoms with Crippen molar-refractivity contribution in [3.05, 3.63) is 35.9 Å². The Bertz CT molecular complexity index is 277. The van der Waals surface area contributed by atoms with Crippen LogP contribution in [-0.2, 0) is 15.9 Å². The third kappa shape index (κ3) is 6.81. The quantitative estimate of drug-likeness (QED) is 0.515. The smallest absolute Gasteiger partial charge is 0.0700 e. The van der Waals surface area contributed by atoms with E-state index < -0.39 is 0 Å². The van der Waals surface area contributed by atoms with E-state index in [2.05, 4.69) is 46.3 Å². The number of hydrogen-bond donors (Lipinski definition) is 0. The van der Waals surface area contributed by atoms with E-state index in [-0.39, 0.29) is 0 Å². The molecule has 0 aliphatic heterocycles. The van der Waals surface area contributed by atoms with E-state index in [1.54, 1.807) is 7.11 Å². The van der Waals surface area contributed by atoms with E-state index in [9.17, 15) is 0 Å². The fourth-order valence-corrected chi connectivity index (χ4v) is 2.23. The second-order valence-electron chi connectivity index (χ2n) is 4.10. The second-order valence-corrected chi connectivity index (χ2v) is 4.75. The molecule has 1 atom stereocenters. The Labute approximate surface area is 112 Å². The first-order chi connectivity index (χ1) is 8.36. The summed E-state index contributed by atoms with van der Waals surface area (Å²) in [6, 6.07) is 10.6. The number of hydrogen-bond acceptors (Lipinski definition) is 2. The lowest BCUT2D eigenvalue weighted by Gasteiger charge is -2.14. The molecule has 0 radical (unpaired) electrons. The van der Waals surface area contributed by atoms with Crippen LogP contribution >= 0.6 is 15.9 Å². The van der Waals surface area contributed by atoms with Crippen molar-refractivity contribution in [2.75, 3.05) is 32.3 Å². The fourth-order valence-electron chi connectivity index (χ4n) is 1.68. The van der Waals surface area contributed by atoms with Crippen molar-refractivity contribution in [1.29, 1.82) is 0 Å². The molecule has 0 fully saturated rings. The average Bonchev–Trinajstić information content (AvgIpc) is 2.38. The number of halogens is 1. The molecule has 0 spiro atoms. The summed E-state index contributed by atoms with van der Waals surface area (Å²) in [6.45, 7) is 2.18. The summed E-state index contributed by atoms with van der Waals surface area (Å²) in [6.07, 6.45) is 2.20. The van der Waals surface area contributed by atoms with Gasteiger partial charge >= 0.3 is 0 Å². The third-order valence-electron chi connectivity index (χ3n) is 2.69. The first kappa shape index (κ1) is 14.7. The topological polar surface area (TPSA) is 18.5 Å². The zero-order chi connectivity index (χ0) is 12.3. The summed E-state index contributed by atoms with van der Waals surface area (Å²) < 4.78 is 10.4. The molecular weight excluding hydrogens is 280 g/mol. The zero-order valence-electron chi connectivity index (χ0n) is 10.4. The van der Waals surface area contributed by atoms with Gasteiger partial charge in [-0.1, -0.05) is 46.3 Å². The lowest BCUT2D eigenvalue weighted by molar-refractivity contribution is 0.0648. The van der Waals surface area contributed by atoms with Gasteiger partial charge in [-0.3, -0.25) is 0 Å². The van der Waals surface area contributed by atoms with Crippen LogP contribution in [0.4, 0.5) is 0 Å². The molecule has 1 rings (SSSR count). The normalized spacial score (nSPS) is 12.6. The summed E-state index contributed by atoms with van der Waals surface area (Å²) in [5.74, 6) is 0.639. The molecule has 0 aromatic heterocycles. The molecule has 0 aliphatic rings. The van der Waals surface area contributed by atoms with Crippen LogP contribution in [0.5, 0.6) is 0 Å². The van der Waals surface area contributed by atoms with Crippen LogP contribution in [0.3, 0.4) is 0 Å². The number of alkyl halides is 1. The van der Waals surface area contributed by atoms with Crippen LogP contribution < -0.4 is 0 Å². The average molecular weight is 301 g/mol. The first-order valence-corrected chi connectivity index (χ1v) is 7.15. The van der Waals surface area contributed by atoms with Gasteiger partial charge < -0.3 is 9.47 Å². The van der Waals surface area contributed by atoms with Gasteiger partial charge in [0.05, 0.1) is 13.2 Å². The van der Waals surface area contributed by atoms with Gasteiger partial charge in [-0.15, -0.1) is 0 Å². The van der Waals surface area contributed by atoms with Crippen LogP contribution in [0.15, 0.2) is 30.3 Å². The molecule has 1 aromatic carbocycles. The van der Waals surface area contributed by atoms with E-state index >= 15 is 0 Å². The maximum atomic E-state index is 5.50. The van der Waals surface area contributed by atoms with Crippen molar-refractivity contribution in [2.24, 2.45) is 5.92 Å². The first-order valence-electron chi connectivity index (χ1n) is 6.03. The highest BCUT2D eigenvalue weighted by molar-refractivity contribution is 9.09. The van der Waals surface area contributed by atoms with Gasteiger partial charge in [0, 0.05) is 19.0 Å². The minimum Gasteiger partial charge on any atom is -0.382 e. The summed E-state index contributed by atoms with van der Waals surface area (Å²) in [7, 11) is 1.69. The molecule has 0 N–H and O–H groups in total. The van der Waals surface area contributed by atoms with Gasteiger partial charge in [-0.05, 0) is 24.3 Å². The van der Waals surface area contributed by atoms with Crippen LogP contribution in [-0.4, -0.2) is 32.3 Å². The lowest BCUT2D eigenvalue weighted by Crippen LogP contribution is -2.11. The highest BCUT2D eigenvalue weighted by atomic mass is 79.9. The van der Waals surface area contributed by atoms with E-state index in [1.807, 2.05) is 0 Å². The Morgan fingerprint density at radius 1 is 1.12 bits per heavy atom. The van der Waals surface area contributed by atoms with E-state index in [1.165, 1.54) is 5.56 Å². The van der Waals surface area contributed by atoms with Crippen molar-refractivity contribution in [2.45, 2.75) is 12.8 Å². The fraction of sp³-hybridized carbons (Fsp3) is 0.571. The van der Waals surface area contributed by atoms with Crippen molar-refractivity contribution >= 4 is 15.9 Å². The molecule has 0 amide bonds. The molecule has 1 aromatic rings. The summed E-state index contributed by atoms with van der Waals surface area (Å²) in [4.78, 5) is 0. The summed E-state index contributed by atoms with van der Waals surface area (Å²) in [5, 5.41) is 1.02. The Morgan fingerprint density at radius 2 is 1.88 bits per heavy atom. The number of benzene rings is 1. The Morgan fingerprint density at radius 3 is 2.53 bits per heavy atom. The van der Waals surface area contributed by atoms with Crippen molar-refractivity contribution < 1.29 is 9.47 Å². The Balaban J connectivity index is 2.20. The van der Waals surface area contributed by atoms with Gasteiger partial charge in [0.2, 0.25) is 0 Å². The van der Waals surface area contributed by atoms with Gasteiger partial charge in [0.25, 0.3) is 0 Å². The predicted octanol–water partition coefficient (Wildman–Crippen LogP) is 3.29. The monoisotopic (exact) mass is 300 g/mol. The van der Waals surface area contributed by atoms with E-state index in [0.717, 1.165) is 24.8 Å². The Kier molecular flexibility index (Phi) is 8.32. The van der Waals surface area contributed by atoms with Crippen LogP contribution in [0, 0.1) is 5.92 Å². The minimum atomic E-state index is 0.639.